The molecule has 1 saturated heterocycles. The molecule has 2 heterocycles. The summed E-state index contributed by atoms with van der Waals surface area (Å²) in [6.45, 7) is 3.01. The average molecular weight is 299 g/mol. The van der Waals surface area contributed by atoms with Gasteiger partial charge in [0.05, 0.1) is 20.3 Å². The van der Waals surface area contributed by atoms with E-state index in [4.69, 9.17) is 4.74 Å². The molecule has 1 N–H and O–H groups in total. The van der Waals surface area contributed by atoms with E-state index in [1.165, 1.54) is 18.4 Å². The molecule has 7 nitrogen and oxygen atoms in total. The summed E-state index contributed by atoms with van der Waals surface area (Å²) < 4.78 is 9.77. The molecule has 8 heteroatoms. The minimum Gasteiger partial charge on any atom is -0.464 e. The molecule has 1 aromatic heterocycles. The maximum atomic E-state index is 11.9. The van der Waals surface area contributed by atoms with Gasteiger partial charge in [0.1, 0.15) is 0 Å². The third-order valence-corrected chi connectivity index (χ3v) is 3.68. The number of morpholine rings is 1. The van der Waals surface area contributed by atoms with Gasteiger partial charge in [-0.15, -0.1) is 11.3 Å². The topological polar surface area (TPSA) is 80.8 Å². The summed E-state index contributed by atoms with van der Waals surface area (Å²) >= 11 is 1.31. The van der Waals surface area contributed by atoms with E-state index in [-0.39, 0.29) is 11.6 Å². The lowest BCUT2D eigenvalue weighted by atomic mass is 10.3. The van der Waals surface area contributed by atoms with Crippen LogP contribution in [0.4, 0.5) is 5.13 Å². The monoisotopic (exact) mass is 299 g/mol. The number of amides is 1. The highest BCUT2D eigenvalue weighted by molar-refractivity contribution is 7.13. The van der Waals surface area contributed by atoms with Crippen molar-refractivity contribution in [2.75, 3.05) is 45.3 Å². The average Bonchev–Trinajstić information content (AvgIpc) is 2.96. The number of ether oxygens (including phenoxy) is 2. The molecule has 0 bridgehead atoms. The van der Waals surface area contributed by atoms with Gasteiger partial charge in [0.15, 0.2) is 10.8 Å². The largest absolute Gasteiger partial charge is 0.464 e. The Balaban J connectivity index is 1.73. The van der Waals surface area contributed by atoms with Crippen molar-refractivity contribution in [1.82, 2.24) is 9.88 Å². The number of aromatic nitrogens is 1. The van der Waals surface area contributed by atoms with Crippen LogP contribution < -0.4 is 5.32 Å². The molecule has 1 aliphatic rings. The molecule has 110 valence electrons. The van der Waals surface area contributed by atoms with E-state index in [9.17, 15) is 9.59 Å². The van der Waals surface area contributed by atoms with E-state index in [0.29, 0.717) is 44.4 Å². The van der Waals surface area contributed by atoms with Gasteiger partial charge in [-0.25, -0.2) is 9.78 Å². The second kappa shape index (κ2) is 7.20. The predicted molar refractivity (Wildman–Crippen MR) is 74.0 cm³/mol. The minimum absolute atomic E-state index is 0.102. The van der Waals surface area contributed by atoms with E-state index in [1.807, 2.05) is 0 Å². The molecule has 20 heavy (non-hydrogen) atoms. The van der Waals surface area contributed by atoms with Crippen LogP contribution in [-0.4, -0.2) is 61.7 Å². The standard InChI is InChI=1S/C12H17N3O4S/c1-18-11(17)9-8-20-12(14-9)13-3-2-10(16)15-4-6-19-7-5-15/h8H,2-7H2,1H3,(H,13,14). The summed E-state index contributed by atoms with van der Waals surface area (Å²) in [5, 5.41) is 5.27. The SMILES string of the molecule is COC(=O)c1csc(NCCC(=O)N2CCOCC2)n1. The normalized spacial score (nSPS) is 14.9. The zero-order valence-electron chi connectivity index (χ0n) is 11.3. The summed E-state index contributed by atoms with van der Waals surface area (Å²) in [4.78, 5) is 29.0. The second-order valence-electron chi connectivity index (χ2n) is 4.20. The predicted octanol–water partition coefficient (Wildman–Crippen LogP) is 0.590. The van der Waals surface area contributed by atoms with Crippen molar-refractivity contribution in [3.05, 3.63) is 11.1 Å². The first-order valence-corrected chi connectivity index (χ1v) is 7.22. The molecule has 0 aromatic carbocycles. The molecule has 0 spiro atoms. The van der Waals surface area contributed by atoms with E-state index in [2.05, 4.69) is 15.0 Å². The summed E-state index contributed by atoms with van der Waals surface area (Å²) in [5.41, 5.74) is 0.277. The number of nitrogens with zero attached hydrogens (tertiary/aromatic N) is 2. The maximum Gasteiger partial charge on any atom is 0.357 e. The third-order valence-electron chi connectivity index (χ3n) is 2.88. The number of anilines is 1. The summed E-state index contributed by atoms with van der Waals surface area (Å²) in [5.74, 6) is -0.357. The minimum atomic E-state index is -0.460. The fraction of sp³-hybridized carbons (Fsp3) is 0.583. The van der Waals surface area contributed by atoms with Gasteiger partial charge in [-0.05, 0) is 0 Å². The van der Waals surface area contributed by atoms with Crippen LogP contribution in [-0.2, 0) is 14.3 Å². The molecule has 1 aliphatic heterocycles. The van der Waals surface area contributed by atoms with Crippen LogP contribution in [0, 0.1) is 0 Å². The summed E-state index contributed by atoms with van der Waals surface area (Å²) in [7, 11) is 1.32. The van der Waals surface area contributed by atoms with E-state index in [0.717, 1.165) is 0 Å². The van der Waals surface area contributed by atoms with Crippen LogP contribution in [0.5, 0.6) is 0 Å². The van der Waals surface area contributed by atoms with Crippen molar-refractivity contribution < 1.29 is 19.1 Å². The molecule has 0 atom stereocenters. The number of esters is 1. The molecule has 0 radical (unpaired) electrons. The smallest absolute Gasteiger partial charge is 0.357 e. The van der Waals surface area contributed by atoms with E-state index >= 15 is 0 Å². The number of nitrogens with one attached hydrogen (secondary N) is 1. The van der Waals surface area contributed by atoms with Gasteiger partial charge in [-0.1, -0.05) is 0 Å². The Bertz CT molecular complexity index is 471. The van der Waals surface area contributed by atoms with Gasteiger partial charge in [-0.2, -0.15) is 0 Å². The molecule has 2 rings (SSSR count). The fourth-order valence-electron chi connectivity index (χ4n) is 1.80. The van der Waals surface area contributed by atoms with Crippen molar-refractivity contribution in [3.8, 4) is 0 Å². The Kier molecular flexibility index (Phi) is 5.31. The van der Waals surface area contributed by atoms with Crippen LogP contribution in [0.2, 0.25) is 0 Å². The highest BCUT2D eigenvalue weighted by atomic mass is 32.1. The first-order chi connectivity index (χ1) is 9.70. The first kappa shape index (κ1) is 14.7. The lowest BCUT2D eigenvalue weighted by Gasteiger charge is -2.26. The van der Waals surface area contributed by atoms with Crippen molar-refractivity contribution in [3.63, 3.8) is 0 Å². The van der Waals surface area contributed by atoms with Gasteiger partial charge in [0, 0.05) is 31.4 Å². The number of carbonyl (C=O) groups is 2. The lowest BCUT2D eigenvalue weighted by Crippen LogP contribution is -2.41. The highest BCUT2D eigenvalue weighted by Crippen LogP contribution is 2.15. The van der Waals surface area contributed by atoms with Crippen molar-refractivity contribution >= 4 is 28.3 Å². The number of hydrogen-bond acceptors (Lipinski definition) is 7. The molecule has 0 saturated carbocycles. The molecular weight excluding hydrogens is 282 g/mol. The van der Waals surface area contributed by atoms with Crippen molar-refractivity contribution in [1.29, 1.82) is 0 Å². The number of thiazole rings is 1. The zero-order chi connectivity index (χ0) is 14.4. The maximum absolute atomic E-state index is 11.9. The molecule has 0 aliphatic carbocycles. The van der Waals surface area contributed by atoms with E-state index in [1.54, 1.807) is 10.3 Å². The number of methoxy groups -OCH3 is 1. The van der Waals surface area contributed by atoms with Gasteiger partial charge < -0.3 is 19.7 Å². The lowest BCUT2D eigenvalue weighted by molar-refractivity contribution is -0.134. The summed E-state index contributed by atoms with van der Waals surface area (Å²) in [6, 6.07) is 0. The second-order valence-corrected chi connectivity index (χ2v) is 5.06. The van der Waals surface area contributed by atoms with Crippen LogP contribution in [0.25, 0.3) is 0 Å². The first-order valence-electron chi connectivity index (χ1n) is 6.34. The summed E-state index contributed by atoms with van der Waals surface area (Å²) in [6.07, 6.45) is 0.396. The highest BCUT2D eigenvalue weighted by Gasteiger charge is 2.16. The van der Waals surface area contributed by atoms with Gasteiger partial charge >= 0.3 is 5.97 Å². The Morgan fingerprint density at radius 1 is 1.50 bits per heavy atom. The Labute approximate surface area is 120 Å². The number of rotatable bonds is 5. The van der Waals surface area contributed by atoms with Crippen LogP contribution >= 0.6 is 11.3 Å². The zero-order valence-corrected chi connectivity index (χ0v) is 12.1. The molecular formula is C12H17N3O4S. The van der Waals surface area contributed by atoms with Crippen LogP contribution in [0.15, 0.2) is 5.38 Å². The molecule has 1 aromatic rings. The van der Waals surface area contributed by atoms with Crippen LogP contribution in [0.1, 0.15) is 16.9 Å². The Hall–Kier alpha value is -1.67. The molecule has 1 amide bonds. The van der Waals surface area contributed by atoms with Gasteiger partial charge in [0.25, 0.3) is 0 Å². The quantitative estimate of drug-likeness (QED) is 0.802. The molecule has 1 fully saturated rings. The van der Waals surface area contributed by atoms with Gasteiger partial charge in [0.2, 0.25) is 5.91 Å². The third kappa shape index (κ3) is 3.91. The van der Waals surface area contributed by atoms with Crippen molar-refractivity contribution in [2.45, 2.75) is 6.42 Å². The Morgan fingerprint density at radius 2 is 2.25 bits per heavy atom. The van der Waals surface area contributed by atoms with Crippen LogP contribution in [0.3, 0.4) is 0 Å². The Morgan fingerprint density at radius 3 is 2.95 bits per heavy atom. The van der Waals surface area contributed by atoms with Crippen molar-refractivity contribution in [2.24, 2.45) is 0 Å². The number of carbonyl (C=O) groups excluding carboxylic acids is 2. The fourth-order valence-corrected chi connectivity index (χ4v) is 2.51. The molecule has 0 unspecified atom stereocenters. The van der Waals surface area contributed by atoms with E-state index < -0.39 is 5.97 Å². The van der Waals surface area contributed by atoms with Gasteiger partial charge in [-0.3, -0.25) is 4.79 Å². The number of hydrogen-bond donors (Lipinski definition) is 1.